The molecule has 0 aliphatic rings. The lowest BCUT2D eigenvalue weighted by atomic mass is 10.3. The second-order valence-electron chi connectivity index (χ2n) is 6.98. The molecule has 32 heavy (non-hydrogen) atoms. The van der Waals surface area contributed by atoms with Gasteiger partial charge in [0, 0.05) is 28.9 Å². The average Bonchev–Trinajstić information content (AvgIpc) is 3.17. The van der Waals surface area contributed by atoms with Gasteiger partial charge in [-0.1, -0.05) is 25.1 Å². The van der Waals surface area contributed by atoms with Crippen LogP contribution in [0.1, 0.15) is 19.0 Å². The molecule has 0 radical (unpaired) electrons. The molecule has 0 fully saturated rings. The summed E-state index contributed by atoms with van der Waals surface area (Å²) in [6, 6.07) is 14.0. The van der Waals surface area contributed by atoms with Crippen molar-refractivity contribution in [3.8, 4) is 0 Å². The lowest BCUT2D eigenvalue weighted by molar-refractivity contribution is 0.262. The first-order chi connectivity index (χ1) is 15.5. The fourth-order valence-electron chi connectivity index (χ4n) is 3.16. The molecule has 2 N–H and O–H groups in total. The van der Waals surface area contributed by atoms with Crippen LogP contribution in [0.15, 0.2) is 70.6 Å². The molecule has 0 saturated heterocycles. The molecule has 0 aliphatic heterocycles. The molecule has 2 heterocycles. The van der Waals surface area contributed by atoms with Crippen LogP contribution in [0.5, 0.6) is 0 Å². The minimum atomic E-state index is -0.483. The van der Waals surface area contributed by atoms with Crippen molar-refractivity contribution in [1.29, 1.82) is 0 Å². The first-order valence-corrected chi connectivity index (χ1v) is 11.0. The predicted molar refractivity (Wildman–Crippen MR) is 123 cm³/mol. The van der Waals surface area contributed by atoms with Crippen LogP contribution in [0.3, 0.4) is 0 Å². The minimum absolute atomic E-state index is 0.183. The molecule has 0 bridgehead atoms. The Kier molecular flexibility index (Phi) is 6.50. The molecule has 2 aromatic heterocycles. The second kappa shape index (κ2) is 9.65. The minimum Gasteiger partial charge on any atom is -0.308 e. The van der Waals surface area contributed by atoms with Gasteiger partial charge in [-0.15, -0.1) is 11.8 Å². The number of rotatable bonds is 7. The van der Waals surface area contributed by atoms with Crippen LogP contribution < -0.4 is 16.2 Å². The van der Waals surface area contributed by atoms with E-state index in [1.807, 2.05) is 19.1 Å². The Hall–Kier alpha value is -3.66. The highest BCUT2D eigenvalue weighted by molar-refractivity contribution is 7.98. The summed E-state index contributed by atoms with van der Waals surface area (Å²) in [7, 11) is 0. The number of urea groups is 1. The monoisotopic (exact) mass is 452 g/mol. The Labute approximate surface area is 187 Å². The lowest BCUT2D eigenvalue weighted by Crippen LogP contribution is -2.21. The van der Waals surface area contributed by atoms with E-state index < -0.39 is 11.8 Å². The molecule has 10 heteroatoms. The number of nitrogens with zero attached hydrogens (tertiary/aromatic N) is 4. The number of hydrogen-bond donors (Lipinski definition) is 2. The summed E-state index contributed by atoms with van der Waals surface area (Å²) in [4.78, 5) is 34.4. The van der Waals surface area contributed by atoms with Crippen molar-refractivity contribution in [3.63, 3.8) is 0 Å². The number of halogens is 1. The highest BCUT2D eigenvalue weighted by atomic mass is 32.2. The molecule has 0 unspecified atom stereocenters. The highest BCUT2D eigenvalue weighted by Gasteiger charge is 2.11. The lowest BCUT2D eigenvalue weighted by Gasteiger charge is -2.12. The molecule has 2 amide bonds. The maximum Gasteiger partial charge on any atom is 0.323 e. The van der Waals surface area contributed by atoms with Gasteiger partial charge in [0.15, 0.2) is 0 Å². The average molecular weight is 453 g/mol. The predicted octanol–water partition coefficient (Wildman–Crippen LogP) is 4.38. The van der Waals surface area contributed by atoms with Gasteiger partial charge >= 0.3 is 6.03 Å². The van der Waals surface area contributed by atoms with Crippen molar-refractivity contribution in [2.24, 2.45) is 0 Å². The number of carbonyl (C=O) groups is 1. The van der Waals surface area contributed by atoms with Crippen LogP contribution >= 0.6 is 11.8 Å². The molecule has 0 aliphatic carbocycles. The SMILES string of the molecule is CCCn1cnc2nc(CSc3ccccc3NC(=O)Nc3cccc(F)c3)cc(=O)n21. The van der Waals surface area contributed by atoms with Crippen LogP contribution in [0.2, 0.25) is 0 Å². The van der Waals surface area contributed by atoms with Crippen LogP contribution in [0, 0.1) is 5.82 Å². The number of fused-ring (bicyclic) bond motifs is 1. The Balaban J connectivity index is 1.46. The van der Waals surface area contributed by atoms with Gasteiger partial charge in [0.2, 0.25) is 0 Å². The van der Waals surface area contributed by atoms with Gasteiger partial charge in [0.1, 0.15) is 12.1 Å². The Morgan fingerprint density at radius 2 is 1.97 bits per heavy atom. The van der Waals surface area contributed by atoms with Gasteiger partial charge < -0.3 is 10.6 Å². The largest absolute Gasteiger partial charge is 0.323 e. The molecule has 4 rings (SSSR count). The van der Waals surface area contributed by atoms with E-state index in [9.17, 15) is 14.0 Å². The summed E-state index contributed by atoms with van der Waals surface area (Å²) < 4.78 is 16.5. The van der Waals surface area contributed by atoms with Gasteiger partial charge in [-0.05, 0) is 36.8 Å². The van der Waals surface area contributed by atoms with Crippen LogP contribution in [-0.4, -0.2) is 25.2 Å². The zero-order valence-corrected chi connectivity index (χ0v) is 18.1. The van der Waals surface area contributed by atoms with Gasteiger partial charge in [0.25, 0.3) is 11.3 Å². The van der Waals surface area contributed by atoms with Gasteiger partial charge in [-0.2, -0.15) is 9.50 Å². The third-order valence-corrected chi connectivity index (χ3v) is 5.65. The number of anilines is 2. The second-order valence-corrected chi connectivity index (χ2v) is 8.00. The van der Waals surface area contributed by atoms with Crippen molar-refractivity contribution in [1.82, 2.24) is 19.2 Å². The number of para-hydroxylation sites is 1. The summed E-state index contributed by atoms with van der Waals surface area (Å²) in [5.74, 6) is 0.359. The fourth-order valence-corrected chi connectivity index (χ4v) is 4.07. The molecular weight excluding hydrogens is 431 g/mol. The van der Waals surface area contributed by atoms with E-state index in [-0.39, 0.29) is 5.56 Å². The van der Waals surface area contributed by atoms with Crippen molar-refractivity contribution in [2.45, 2.75) is 30.5 Å². The number of benzene rings is 2. The van der Waals surface area contributed by atoms with Crippen molar-refractivity contribution in [3.05, 3.63) is 82.8 Å². The Bertz CT molecular complexity index is 1320. The first kappa shape index (κ1) is 21.6. The topological polar surface area (TPSA) is 93.3 Å². The van der Waals surface area contributed by atoms with Crippen molar-refractivity contribution in [2.75, 3.05) is 10.6 Å². The van der Waals surface area contributed by atoms with Gasteiger partial charge in [0.05, 0.1) is 11.4 Å². The molecule has 0 atom stereocenters. The number of nitrogens with one attached hydrogen (secondary N) is 2. The van der Waals surface area contributed by atoms with E-state index >= 15 is 0 Å². The van der Waals surface area contributed by atoms with Crippen molar-refractivity contribution < 1.29 is 9.18 Å². The summed E-state index contributed by atoms with van der Waals surface area (Å²) in [6.07, 6.45) is 2.49. The fraction of sp³-hybridized carbons (Fsp3) is 0.182. The zero-order valence-electron chi connectivity index (χ0n) is 17.3. The van der Waals surface area contributed by atoms with E-state index in [0.717, 1.165) is 11.3 Å². The van der Waals surface area contributed by atoms with E-state index in [4.69, 9.17) is 0 Å². The summed E-state index contributed by atoms with van der Waals surface area (Å²) in [6.45, 7) is 2.71. The third-order valence-electron chi connectivity index (χ3n) is 4.54. The highest BCUT2D eigenvalue weighted by Crippen LogP contribution is 2.29. The number of aryl methyl sites for hydroxylation is 1. The third kappa shape index (κ3) is 4.97. The van der Waals surface area contributed by atoms with Crippen LogP contribution in [0.4, 0.5) is 20.6 Å². The summed E-state index contributed by atoms with van der Waals surface area (Å²) in [5.41, 5.74) is 1.36. The molecule has 0 saturated carbocycles. The molecule has 4 aromatic rings. The molecule has 8 nitrogen and oxygen atoms in total. The zero-order chi connectivity index (χ0) is 22.5. The van der Waals surface area contributed by atoms with E-state index in [2.05, 4.69) is 20.6 Å². The smallest absolute Gasteiger partial charge is 0.308 e. The molecular formula is C22H21FN6O2S. The van der Waals surface area contributed by atoms with Crippen LogP contribution in [0.25, 0.3) is 5.78 Å². The van der Waals surface area contributed by atoms with E-state index in [1.54, 1.807) is 29.2 Å². The maximum atomic E-state index is 13.3. The normalized spacial score (nSPS) is 10.9. The van der Waals surface area contributed by atoms with Gasteiger partial charge in [-0.25, -0.2) is 14.2 Å². The van der Waals surface area contributed by atoms with E-state index in [1.165, 1.54) is 40.5 Å². The molecule has 2 aromatic carbocycles. The number of amides is 2. The van der Waals surface area contributed by atoms with Gasteiger partial charge in [-0.3, -0.25) is 9.48 Å². The first-order valence-electron chi connectivity index (χ1n) is 10.0. The summed E-state index contributed by atoms with van der Waals surface area (Å²) >= 11 is 1.44. The van der Waals surface area contributed by atoms with Crippen LogP contribution in [-0.2, 0) is 12.3 Å². The molecule has 0 spiro atoms. The number of carbonyl (C=O) groups excluding carboxylic acids is 1. The number of aromatic nitrogens is 4. The van der Waals surface area contributed by atoms with E-state index in [0.29, 0.717) is 35.1 Å². The number of thioether (sulfide) groups is 1. The summed E-state index contributed by atoms with van der Waals surface area (Å²) in [5, 5.41) is 5.38. The molecule has 164 valence electrons. The van der Waals surface area contributed by atoms with Crippen molar-refractivity contribution >= 4 is 34.9 Å². The number of hydrogen-bond acceptors (Lipinski definition) is 5. The standard InChI is InChI=1S/C22H21FN6O2S/c1-2-10-28-14-24-21-25-17(12-20(30)29(21)28)13-32-19-9-4-3-8-18(19)27-22(31)26-16-7-5-6-15(23)11-16/h3-9,11-12,14H,2,10,13H2,1H3,(H2,26,27,31). The maximum absolute atomic E-state index is 13.3. The Morgan fingerprint density at radius 1 is 1.12 bits per heavy atom. The quantitative estimate of drug-likeness (QED) is 0.406. The Morgan fingerprint density at radius 3 is 2.78 bits per heavy atom.